The van der Waals surface area contributed by atoms with Crippen LogP contribution in [-0.2, 0) is 12.0 Å². The monoisotopic (exact) mass is 374 g/mol. The fourth-order valence-electron chi connectivity index (χ4n) is 1.59. The van der Waals surface area contributed by atoms with Gasteiger partial charge in [-0.05, 0) is 28.1 Å². The smallest absolute Gasteiger partial charge is 0.157 e. The van der Waals surface area contributed by atoms with Gasteiger partial charge in [0.2, 0.25) is 0 Å². The molecule has 0 bridgehead atoms. The van der Waals surface area contributed by atoms with Crippen LogP contribution in [0, 0.1) is 0 Å². The van der Waals surface area contributed by atoms with E-state index in [9.17, 15) is 0 Å². The van der Waals surface area contributed by atoms with Crippen LogP contribution in [0.2, 0.25) is 5.02 Å². The molecular formula is C14H16BrClN2OS. The summed E-state index contributed by atoms with van der Waals surface area (Å²) in [5.74, 6) is 0.599. The van der Waals surface area contributed by atoms with Crippen molar-refractivity contribution in [3.63, 3.8) is 0 Å². The number of ether oxygens (including phenoxy) is 1. The van der Waals surface area contributed by atoms with Crippen LogP contribution in [-0.4, -0.2) is 4.98 Å². The van der Waals surface area contributed by atoms with E-state index in [1.807, 2.05) is 0 Å². The zero-order chi connectivity index (χ0) is 14.9. The maximum atomic E-state index is 5.92. The Morgan fingerprint density at radius 1 is 1.40 bits per heavy atom. The summed E-state index contributed by atoms with van der Waals surface area (Å²) in [6.07, 6.45) is 0. The topological polar surface area (TPSA) is 48.1 Å². The largest absolute Gasteiger partial charge is 0.483 e. The molecule has 0 spiro atoms. The molecule has 0 aliphatic heterocycles. The zero-order valence-corrected chi connectivity index (χ0v) is 14.7. The van der Waals surface area contributed by atoms with Crippen molar-refractivity contribution in [1.82, 2.24) is 4.98 Å². The first-order valence-electron chi connectivity index (χ1n) is 6.09. The van der Waals surface area contributed by atoms with Gasteiger partial charge in [-0.1, -0.05) is 32.4 Å². The third-order valence-electron chi connectivity index (χ3n) is 2.70. The number of anilines is 1. The summed E-state index contributed by atoms with van der Waals surface area (Å²) >= 11 is 10.9. The van der Waals surface area contributed by atoms with Crippen LogP contribution < -0.4 is 10.5 Å². The summed E-state index contributed by atoms with van der Waals surface area (Å²) in [4.78, 5) is 4.58. The zero-order valence-electron chi connectivity index (χ0n) is 11.5. The van der Waals surface area contributed by atoms with Gasteiger partial charge in [0, 0.05) is 15.8 Å². The number of thiazole rings is 1. The first-order valence-corrected chi connectivity index (χ1v) is 8.14. The average molecular weight is 376 g/mol. The summed E-state index contributed by atoms with van der Waals surface area (Å²) in [6, 6.07) is 3.43. The first-order chi connectivity index (χ1) is 9.27. The number of halogens is 2. The standard InChI is InChI=1S/C14H16BrClN2OS/c1-14(2,3)11-7-20-12(18-11)6-19-13-9(15)4-8(16)5-10(13)17/h4-5,7H,6,17H2,1-3H3. The molecule has 0 radical (unpaired) electrons. The molecule has 2 rings (SSSR count). The molecule has 0 saturated heterocycles. The third kappa shape index (κ3) is 3.65. The van der Waals surface area contributed by atoms with Gasteiger partial charge in [-0.2, -0.15) is 0 Å². The molecule has 0 aliphatic carbocycles. The van der Waals surface area contributed by atoms with Crippen molar-refractivity contribution in [3.05, 3.63) is 37.7 Å². The van der Waals surface area contributed by atoms with Gasteiger partial charge in [0.05, 0.1) is 15.9 Å². The SMILES string of the molecule is CC(C)(C)c1csc(COc2c(N)cc(Cl)cc2Br)n1. The van der Waals surface area contributed by atoms with Crippen LogP contribution in [0.5, 0.6) is 5.75 Å². The average Bonchev–Trinajstić information content (AvgIpc) is 2.75. The predicted molar refractivity (Wildman–Crippen MR) is 88.7 cm³/mol. The Hall–Kier alpha value is -0.780. The fraction of sp³-hybridized carbons (Fsp3) is 0.357. The van der Waals surface area contributed by atoms with E-state index in [0.29, 0.717) is 23.1 Å². The Labute approximate surface area is 136 Å². The highest BCUT2D eigenvalue weighted by Gasteiger charge is 2.18. The van der Waals surface area contributed by atoms with Gasteiger partial charge in [0.15, 0.2) is 5.75 Å². The maximum Gasteiger partial charge on any atom is 0.157 e. The Morgan fingerprint density at radius 2 is 2.10 bits per heavy atom. The van der Waals surface area contributed by atoms with Crippen molar-refractivity contribution < 1.29 is 4.74 Å². The maximum absolute atomic E-state index is 5.92. The van der Waals surface area contributed by atoms with Crippen molar-refractivity contribution in [3.8, 4) is 5.75 Å². The molecule has 108 valence electrons. The highest BCUT2D eigenvalue weighted by molar-refractivity contribution is 9.10. The second-order valence-electron chi connectivity index (χ2n) is 5.47. The lowest BCUT2D eigenvalue weighted by molar-refractivity contribution is 0.304. The molecule has 1 aromatic carbocycles. The van der Waals surface area contributed by atoms with Crippen molar-refractivity contribution in [1.29, 1.82) is 0 Å². The van der Waals surface area contributed by atoms with Gasteiger partial charge in [-0.3, -0.25) is 0 Å². The van der Waals surface area contributed by atoms with E-state index in [1.54, 1.807) is 23.5 Å². The minimum absolute atomic E-state index is 0.0502. The number of benzene rings is 1. The summed E-state index contributed by atoms with van der Waals surface area (Å²) in [5.41, 5.74) is 7.54. The molecule has 0 amide bonds. The molecule has 3 nitrogen and oxygen atoms in total. The minimum atomic E-state index is 0.0502. The van der Waals surface area contributed by atoms with Crippen LogP contribution in [0.25, 0.3) is 0 Å². The number of rotatable bonds is 3. The first kappa shape index (κ1) is 15.6. The number of aromatic nitrogens is 1. The Morgan fingerprint density at radius 3 is 2.65 bits per heavy atom. The molecule has 0 saturated carbocycles. The van der Waals surface area contributed by atoms with E-state index >= 15 is 0 Å². The Bertz CT molecular complexity index is 599. The van der Waals surface area contributed by atoms with E-state index in [-0.39, 0.29) is 5.41 Å². The van der Waals surface area contributed by atoms with Crippen molar-refractivity contribution in [2.75, 3.05) is 5.73 Å². The molecule has 2 aromatic rings. The minimum Gasteiger partial charge on any atom is -0.483 e. The number of nitrogens with two attached hydrogens (primary N) is 1. The molecular weight excluding hydrogens is 360 g/mol. The molecule has 2 N–H and O–H groups in total. The van der Waals surface area contributed by atoms with E-state index in [4.69, 9.17) is 22.1 Å². The highest BCUT2D eigenvalue weighted by Crippen LogP contribution is 2.35. The molecule has 0 aliphatic rings. The third-order valence-corrected chi connectivity index (χ3v) is 4.33. The van der Waals surface area contributed by atoms with E-state index in [0.717, 1.165) is 15.2 Å². The van der Waals surface area contributed by atoms with Crippen molar-refractivity contribution >= 4 is 44.6 Å². The summed E-state index contributed by atoms with van der Waals surface area (Å²) in [7, 11) is 0. The van der Waals surface area contributed by atoms with Crippen LogP contribution in [0.4, 0.5) is 5.69 Å². The number of nitrogen functional groups attached to an aromatic ring is 1. The number of nitrogens with zero attached hydrogens (tertiary/aromatic N) is 1. The lowest BCUT2D eigenvalue weighted by Crippen LogP contribution is -2.11. The Balaban J connectivity index is 2.12. The fourth-order valence-corrected chi connectivity index (χ4v) is 3.47. The van der Waals surface area contributed by atoms with Gasteiger partial charge < -0.3 is 10.5 Å². The van der Waals surface area contributed by atoms with E-state index in [2.05, 4.69) is 47.1 Å². The number of hydrogen-bond donors (Lipinski definition) is 1. The van der Waals surface area contributed by atoms with Gasteiger partial charge in [-0.15, -0.1) is 11.3 Å². The predicted octanol–water partition coefficient (Wildman–Crippen LogP) is 5.02. The van der Waals surface area contributed by atoms with Crippen molar-refractivity contribution in [2.45, 2.75) is 32.8 Å². The Kier molecular flexibility index (Phi) is 4.62. The van der Waals surface area contributed by atoms with E-state index < -0.39 is 0 Å². The van der Waals surface area contributed by atoms with Crippen LogP contribution >= 0.6 is 38.9 Å². The molecule has 20 heavy (non-hydrogen) atoms. The van der Waals surface area contributed by atoms with Gasteiger partial charge in [-0.25, -0.2) is 4.98 Å². The highest BCUT2D eigenvalue weighted by atomic mass is 79.9. The van der Waals surface area contributed by atoms with Gasteiger partial charge >= 0.3 is 0 Å². The van der Waals surface area contributed by atoms with Crippen molar-refractivity contribution in [2.24, 2.45) is 0 Å². The lowest BCUT2D eigenvalue weighted by Gasteiger charge is -2.14. The molecule has 6 heteroatoms. The number of hydrogen-bond acceptors (Lipinski definition) is 4. The molecule has 1 aromatic heterocycles. The summed E-state index contributed by atoms with van der Waals surface area (Å²) in [6.45, 7) is 6.81. The molecule has 1 heterocycles. The molecule has 0 fully saturated rings. The lowest BCUT2D eigenvalue weighted by atomic mass is 9.93. The van der Waals surface area contributed by atoms with Crippen LogP contribution in [0.3, 0.4) is 0 Å². The normalized spacial score (nSPS) is 11.7. The molecule has 0 atom stereocenters. The molecule has 0 unspecified atom stereocenters. The second-order valence-corrected chi connectivity index (χ2v) is 7.70. The van der Waals surface area contributed by atoms with E-state index in [1.165, 1.54) is 0 Å². The quantitative estimate of drug-likeness (QED) is 0.766. The van der Waals surface area contributed by atoms with Crippen LogP contribution in [0.15, 0.2) is 22.0 Å². The van der Waals surface area contributed by atoms with Crippen LogP contribution in [0.1, 0.15) is 31.5 Å². The second kappa shape index (κ2) is 5.92. The van der Waals surface area contributed by atoms with Gasteiger partial charge in [0.25, 0.3) is 0 Å². The van der Waals surface area contributed by atoms with Gasteiger partial charge in [0.1, 0.15) is 11.6 Å². The summed E-state index contributed by atoms with van der Waals surface area (Å²) in [5, 5.41) is 3.57. The summed E-state index contributed by atoms with van der Waals surface area (Å²) < 4.78 is 6.50.